The molecule has 0 aliphatic carbocycles. The molecule has 2 amide bonds. The van der Waals surface area contributed by atoms with Crippen molar-refractivity contribution >= 4 is 35.0 Å². The highest BCUT2D eigenvalue weighted by Crippen LogP contribution is 2.43. The van der Waals surface area contributed by atoms with Crippen LogP contribution >= 0.6 is 11.8 Å². The van der Waals surface area contributed by atoms with Crippen LogP contribution in [0, 0.1) is 0 Å². The molecule has 0 saturated carbocycles. The lowest BCUT2D eigenvalue weighted by Gasteiger charge is -2.27. The summed E-state index contributed by atoms with van der Waals surface area (Å²) >= 11 is 1.62. The van der Waals surface area contributed by atoms with E-state index in [4.69, 9.17) is 0 Å². The van der Waals surface area contributed by atoms with Gasteiger partial charge in [-0.3, -0.25) is 14.5 Å². The van der Waals surface area contributed by atoms with E-state index in [2.05, 4.69) is 18.3 Å². The van der Waals surface area contributed by atoms with Gasteiger partial charge in [-0.15, -0.1) is 11.8 Å². The molecule has 0 bridgehead atoms. The lowest BCUT2D eigenvalue weighted by atomic mass is 10.1. The topological polar surface area (TPSA) is 49.4 Å². The number of thioether (sulfide) groups is 1. The number of para-hydroxylation sites is 1. The van der Waals surface area contributed by atoms with Crippen molar-refractivity contribution in [3.05, 3.63) is 95.6 Å². The van der Waals surface area contributed by atoms with Gasteiger partial charge < -0.3 is 5.32 Å². The predicted octanol–water partition coefficient (Wildman–Crippen LogP) is 5.67. The molecule has 3 aromatic carbocycles. The summed E-state index contributed by atoms with van der Waals surface area (Å²) in [5.41, 5.74) is 4.52. The number of amides is 2. The maximum absolute atomic E-state index is 12.8. The van der Waals surface area contributed by atoms with Crippen LogP contribution in [-0.4, -0.2) is 17.6 Å². The zero-order valence-corrected chi connectivity index (χ0v) is 17.7. The van der Waals surface area contributed by atoms with Gasteiger partial charge in [0.25, 0.3) is 5.91 Å². The second kappa shape index (κ2) is 9.18. The first kappa shape index (κ1) is 20.2. The van der Waals surface area contributed by atoms with Crippen molar-refractivity contribution < 1.29 is 9.59 Å². The summed E-state index contributed by atoms with van der Waals surface area (Å²) in [4.78, 5) is 27.2. The van der Waals surface area contributed by atoms with Crippen LogP contribution in [-0.2, 0) is 11.2 Å². The van der Waals surface area contributed by atoms with E-state index in [1.165, 1.54) is 5.56 Å². The number of hydrogen-bond acceptors (Lipinski definition) is 3. The molecule has 1 atom stereocenters. The van der Waals surface area contributed by atoms with Crippen molar-refractivity contribution in [2.24, 2.45) is 0 Å². The molecular formula is C25H24N2O2S. The molecule has 4 rings (SSSR count). The van der Waals surface area contributed by atoms with Crippen LogP contribution < -0.4 is 10.2 Å². The van der Waals surface area contributed by atoms with Gasteiger partial charge in [-0.2, -0.15) is 0 Å². The number of hydrogen-bond donors (Lipinski definition) is 1. The van der Waals surface area contributed by atoms with E-state index < -0.39 is 0 Å². The number of benzene rings is 3. The largest absolute Gasteiger partial charge is 0.322 e. The standard InChI is InChI=1S/C25H24N2O2S/c1-2-9-18-10-6-7-15-22(18)27-23(28)17-30-25(27)20-13-8-14-21(16-20)26-24(29)19-11-4-3-5-12-19/h3-8,10-16,25H,2,9,17H2,1H3,(H,26,29). The Morgan fingerprint density at radius 2 is 1.80 bits per heavy atom. The third-order valence-corrected chi connectivity index (χ3v) is 6.32. The third-order valence-electron chi connectivity index (χ3n) is 5.10. The van der Waals surface area contributed by atoms with Crippen LogP contribution in [0.25, 0.3) is 0 Å². The fraction of sp³-hybridized carbons (Fsp3) is 0.200. The second-order valence-electron chi connectivity index (χ2n) is 7.25. The van der Waals surface area contributed by atoms with Gasteiger partial charge in [0.05, 0.1) is 5.75 Å². The first-order valence-corrected chi connectivity index (χ1v) is 11.2. The zero-order valence-electron chi connectivity index (χ0n) is 16.9. The molecule has 1 aliphatic heterocycles. The molecule has 3 aromatic rings. The number of carbonyl (C=O) groups excluding carboxylic acids is 2. The molecule has 1 heterocycles. The summed E-state index contributed by atoms with van der Waals surface area (Å²) in [6.45, 7) is 2.15. The Balaban J connectivity index is 1.61. The van der Waals surface area contributed by atoms with Crippen LogP contribution in [0.3, 0.4) is 0 Å². The van der Waals surface area contributed by atoms with Crippen LogP contribution in [0.15, 0.2) is 78.9 Å². The zero-order chi connectivity index (χ0) is 20.9. The van der Waals surface area contributed by atoms with Crippen molar-refractivity contribution in [2.75, 3.05) is 16.0 Å². The molecule has 1 unspecified atom stereocenters. The van der Waals surface area contributed by atoms with E-state index in [9.17, 15) is 9.59 Å². The molecule has 5 heteroatoms. The van der Waals surface area contributed by atoms with Gasteiger partial charge in [0.2, 0.25) is 5.91 Å². The van der Waals surface area contributed by atoms with Gasteiger partial charge in [-0.25, -0.2) is 0 Å². The van der Waals surface area contributed by atoms with Crippen LogP contribution in [0.4, 0.5) is 11.4 Å². The molecule has 1 saturated heterocycles. The summed E-state index contributed by atoms with van der Waals surface area (Å²) in [7, 11) is 0. The van der Waals surface area contributed by atoms with E-state index >= 15 is 0 Å². The lowest BCUT2D eigenvalue weighted by molar-refractivity contribution is -0.115. The molecular weight excluding hydrogens is 392 g/mol. The molecule has 1 N–H and O–H groups in total. The fourth-order valence-electron chi connectivity index (χ4n) is 3.72. The third kappa shape index (κ3) is 4.26. The molecule has 30 heavy (non-hydrogen) atoms. The van der Waals surface area contributed by atoms with Crippen molar-refractivity contribution in [1.82, 2.24) is 0 Å². The summed E-state index contributed by atoms with van der Waals surface area (Å²) in [5.74, 6) is 0.423. The Morgan fingerprint density at radius 1 is 1.03 bits per heavy atom. The maximum atomic E-state index is 12.8. The molecule has 0 radical (unpaired) electrons. The normalized spacial score (nSPS) is 16.0. The van der Waals surface area contributed by atoms with Crippen LogP contribution in [0.2, 0.25) is 0 Å². The molecule has 1 aliphatic rings. The Hall–Kier alpha value is -3.05. The van der Waals surface area contributed by atoms with Crippen molar-refractivity contribution in [3.8, 4) is 0 Å². The monoisotopic (exact) mass is 416 g/mol. The first-order chi connectivity index (χ1) is 14.7. The minimum absolute atomic E-state index is 0.107. The fourth-order valence-corrected chi connectivity index (χ4v) is 4.88. The minimum Gasteiger partial charge on any atom is -0.322 e. The SMILES string of the molecule is CCCc1ccccc1N1C(=O)CSC1c1cccc(NC(=O)c2ccccc2)c1. The Kier molecular flexibility index (Phi) is 6.19. The van der Waals surface area contributed by atoms with E-state index in [1.807, 2.05) is 65.6 Å². The van der Waals surface area contributed by atoms with Crippen molar-refractivity contribution in [1.29, 1.82) is 0 Å². The van der Waals surface area contributed by atoms with Crippen LogP contribution in [0.1, 0.15) is 40.2 Å². The highest BCUT2D eigenvalue weighted by atomic mass is 32.2. The number of anilines is 2. The molecule has 1 fully saturated rings. The highest BCUT2D eigenvalue weighted by molar-refractivity contribution is 8.00. The lowest BCUT2D eigenvalue weighted by Crippen LogP contribution is -2.28. The molecule has 0 spiro atoms. The Bertz CT molecular complexity index is 1050. The number of nitrogens with zero attached hydrogens (tertiary/aromatic N) is 1. The quantitative estimate of drug-likeness (QED) is 0.563. The van der Waals surface area contributed by atoms with E-state index in [-0.39, 0.29) is 17.2 Å². The molecule has 4 nitrogen and oxygen atoms in total. The number of aryl methyl sites for hydroxylation is 1. The van der Waals surface area contributed by atoms with Gasteiger partial charge in [0.15, 0.2) is 0 Å². The second-order valence-corrected chi connectivity index (χ2v) is 8.32. The number of nitrogens with one attached hydrogen (secondary N) is 1. The first-order valence-electron chi connectivity index (χ1n) is 10.2. The number of carbonyl (C=O) groups is 2. The Morgan fingerprint density at radius 3 is 2.60 bits per heavy atom. The van der Waals surface area contributed by atoms with E-state index in [0.29, 0.717) is 11.3 Å². The van der Waals surface area contributed by atoms with E-state index in [1.54, 1.807) is 23.9 Å². The van der Waals surface area contributed by atoms with Gasteiger partial charge >= 0.3 is 0 Å². The van der Waals surface area contributed by atoms with E-state index in [0.717, 1.165) is 29.8 Å². The van der Waals surface area contributed by atoms with Crippen molar-refractivity contribution in [3.63, 3.8) is 0 Å². The van der Waals surface area contributed by atoms with Crippen molar-refractivity contribution in [2.45, 2.75) is 25.1 Å². The number of rotatable bonds is 6. The predicted molar refractivity (Wildman–Crippen MR) is 124 cm³/mol. The maximum Gasteiger partial charge on any atom is 0.255 e. The minimum atomic E-state index is -0.145. The highest BCUT2D eigenvalue weighted by Gasteiger charge is 2.35. The van der Waals surface area contributed by atoms with Crippen LogP contribution in [0.5, 0.6) is 0 Å². The average molecular weight is 417 g/mol. The van der Waals surface area contributed by atoms with Gasteiger partial charge in [-0.05, 0) is 47.9 Å². The Labute approximate surface area is 181 Å². The summed E-state index contributed by atoms with van der Waals surface area (Å²) < 4.78 is 0. The summed E-state index contributed by atoms with van der Waals surface area (Å²) in [6, 6.07) is 25.1. The summed E-state index contributed by atoms with van der Waals surface area (Å²) in [5, 5.41) is 2.86. The van der Waals surface area contributed by atoms with Gasteiger partial charge in [0.1, 0.15) is 5.37 Å². The molecule has 0 aromatic heterocycles. The summed E-state index contributed by atoms with van der Waals surface area (Å²) in [6.07, 6.45) is 1.96. The molecule has 152 valence electrons. The van der Waals surface area contributed by atoms with Gasteiger partial charge in [-0.1, -0.05) is 61.9 Å². The smallest absolute Gasteiger partial charge is 0.255 e. The van der Waals surface area contributed by atoms with Gasteiger partial charge in [0, 0.05) is 16.9 Å². The average Bonchev–Trinajstić information content (AvgIpc) is 3.16.